The van der Waals surface area contributed by atoms with Gasteiger partial charge in [-0.3, -0.25) is 9.59 Å². The minimum Gasteiger partial charge on any atom is -0.478 e. The highest BCUT2D eigenvalue weighted by Gasteiger charge is 2.30. The topological polar surface area (TPSA) is 111 Å². The number of carbonyl (C=O) groups is 3. The molecular formula is C24H23F2N3O5. The van der Waals surface area contributed by atoms with E-state index in [9.17, 15) is 28.3 Å². The fraction of sp³-hybridized carbons (Fsp3) is 0.250. The van der Waals surface area contributed by atoms with Crippen LogP contribution < -0.4 is 10.1 Å². The van der Waals surface area contributed by atoms with E-state index in [0.717, 1.165) is 4.68 Å². The number of hydrogen-bond donors (Lipinski definition) is 2. The van der Waals surface area contributed by atoms with Crippen LogP contribution in [0.3, 0.4) is 0 Å². The molecule has 1 amide bonds. The molecule has 0 spiro atoms. The molecule has 0 bridgehead atoms. The van der Waals surface area contributed by atoms with Gasteiger partial charge in [0.15, 0.2) is 5.78 Å². The molecule has 2 N–H and O–H groups in total. The molecule has 0 fully saturated rings. The number of benzene rings is 2. The van der Waals surface area contributed by atoms with Crippen LogP contribution in [-0.2, 0) is 7.05 Å². The molecule has 178 valence electrons. The van der Waals surface area contributed by atoms with E-state index >= 15 is 0 Å². The monoisotopic (exact) mass is 471 g/mol. The lowest BCUT2D eigenvalue weighted by Gasteiger charge is -2.16. The van der Waals surface area contributed by atoms with Crippen LogP contribution in [0.5, 0.6) is 11.6 Å². The molecule has 0 aliphatic carbocycles. The fourth-order valence-corrected chi connectivity index (χ4v) is 3.45. The Hall–Kier alpha value is -4.08. The fourth-order valence-electron chi connectivity index (χ4n) is 3.45. The number of rotatable bonds is 8. The van der Waals surface area contributed by atoms with Gasteiger partial charge in [-0.1, -0.05) is 24.3 Å². The van der Waals surface area contributed by atoms with Gasteiger partial charge < -0.3 is 15.2 Å². The lowest BCUT2D eigenvalue weighted by Crippen LogP contribution is -2.28. The molecule has 2 aromatic carbocycles. The number of aryl methyl sites for hydroxylation is 2. The first kappa shape index (κ1) is 24.6. The quantitative estimate of drug-likeness (QED) is 0.455. The zero-order valence-corrected chi connectivity index (χ0v) is 18.9. The number of aromatic carboxylic acids is 1. The number of ether oxygens (including phenoxy) is 1. The van der Waals surface area contributed by atoms with Crippen molar-refractivity contribution >= 4 is 17.7 Å². The highest BCUT2D eigenvalue weighted by Crippen LogP contribution is 2.33. The second-order valence-electron chi connectivity index (χ2n) is 7.75. The van der Waals surface area contributed by atoms with Gasteiger partial charge in [0.1, 0.15) is 17.0 Å². The van der Waals surface area contributed by atoms with Crippen LogP contribution in [0, 0.1) is 6.92 Å². The summed E-state index contributed by atoms with van der Waals surface area (Å²) < 4.78 is 34.2. The van der Waals surface area contributed by atoms with Gasteiger partial charge in [0.05, 0.1) is 11.6 Å². The largest absolute Gasteiger partial charge is 0.478 e. The van der Waals surface area contributed by atoms with E-state index in [0.29, 0.717) is 16.7 Å². The number of amides is 1. The van der Waals surface area contributed by atoms with Crippen molar-refractivity contribution in [3.8, 4) is 11.6 Å². The number of aromatic nitrogens is 2. The molecule has 8 nitrogen and oxygen atoms in total. The average Bonchev–Trinajstić information content (AvgIpc) is 3.10. The maximum Gasteiger partial charge on any atom is 0.335 e. The van der Waals surface area contributed by atoms with Crippen molar-refractivity contribution in [3.63, 3.8) is 0 Å². The van der Waals surface area contributed by atoms with E-state index in [-0.39, 0.29) is 23.0 Å². The normalized spacial score (nSPS) is 11.9. The van der Waals surface area contributed by atoms with Gasteiger partial charge in [0.2, 0.25) is 5.88 Å². The first-order valence-corrected chi connectivity index (χ1v) is 10.3. The maximum atomic E-state index is 13.7. The van der Waals surface area contributed by atoms with Crippen molar-refractivity contribution < 1.29 is 33.0 Å². The van der Waals surface area contributed by atoms with Crippen LogP contribution in [0.2, 0.25) is 0 Å². The summed E-state index contributed by atoms with van der Waals surface area (Å²) in [6, 6.07) is 10.1. The number of hydrogen-bond acceptors (Lipinski definition) is 5. The Morgan fingerprint density at radius 2 is 1.85 bits per heavy atom. The van der Waals surface area contributed by atoms with Crippen molar-refractivity contribution in [1.82, 2.24) is 15.1 Å². The summed E-state index contributed by atoms with van der Waals surface area (Å²) >= 11 is 0. The average molecular weight is 471 g/mol. The Balaban J connectivity index is 1.94. The van der Waals surface area contributed by atoms with Crippen LogP contribution in [0.15, 0.2) is 42.5 Å². The Morgan fingerprint density at radius 1 is 1.15 bits per heavy atom. The van der Waals surface area contributed by atoms with Crippen molar-refractivity contribution in [3.05, 3.63) is 76.0 Å². The third kappa shape index (κ3) is 5.11. The molecule has 0 saturated carbocycles. The second kappa shape index (κ2) is 9.82. The molecule has 3 aromatic rings. The number of carbonyl (C=O) groups excluding carboxylic acids is 2. The van der Waals surface area contributed by atoms with Crippen LogP contribution in [0.1, 0.15) is 74.2 Å². The summed E-state index contributed by atoms with van der Waals surface area (Å²) in [7, 11) is 1.37. The van der Waals surface area contributed by atoms with Gasteiger partial charge in [-0.15, -0.1) is 0 Å². The van der Waals surface area contributed by atoms with Gasteiger partial charge in [0, 0.05) is 12.6 Å². The van der Waals surface area contributed by atoms with E-state index < -0.39 is 35.6 Å². The van der Waals surface area contributed by atoms with E-state index in [1.807, 2.05) is 0 Å². The molecule has 34 heavy (non-hydrogen) atoms. The molecule has 1 aromatic heterocycles. The van der Waals surface area contributed by atoms with Crippen molar-refractivity contribution in [2.24, 2.45) is 7.05 Å². The summed E-state index contributed by atoms with van der Waals surface area (Å²) in [5.74, 6) is -2.15. The third-order valence-electron chi connectivity index (χ3n) is 5.24. The molecule has 1 atom stereocenters. The minimum atomic E-state index is -3.04. The zero-order chi connectivity index (χ0) is 25.2. The highest BCUT2D eigenvalue weighted by atomic mass is 19.3. The second-order valence-corrected chi connectivity index (χ2v) is 7.75. The van der Waals surface area contributed by atoms with Gasteiger partial charge in [0.25, 0.3) is 12.3 Å². The molecule has 1 unspecified atom stereocenters. The van der Waals surface area contributed by atoms with E-state index in [4.69, 9.17) is 4.74 Å². The number of nitrogens with zero attached hydrogens (tertiary/aromatic N) is 2. The van der Waals surface area contributed by atoms with Crippen LogP contribution in [0.25, 0.3) is 0 Å². The Labute approximate surface area is 194 Å². The number of nitrogens with one attached hydrogen (secondary N) is 1. The lowest BCUT2D eigenvalue weighted by molar-refractivity contribution is 0.0695. The number of carboxylic acid groups (broad SMARTS) is 1. The Bertz CT molecular complexity index is 1270. The molecule has 1 heterocycles. The van der Waals surface area contributed by atoms with Gasteiger partial charge in [-0.05, 0) is 50.1 Å². The molecule has 0 aliphatic heterocycles. The lowest BCUT2D eigenvalue weighted by atomic mass is 10.0. The van der Waals surface area contributed by atoms with Gasteiger partial charge in [-0.25, -0.2) is 18.3 Å². The van der Waals surface area contributed by atoms with Crippen LogP contribution in [0.4, 0.5) is 8.78 Å². The number of halogens is 2. The molecule has 0 aliphatic rings. The number of ketones is 1. The van der Waals surface area contributed by atoms with E-state index in [2.05, 4.69) is 10.4 Å². The predicted molar refractivity (Wildman–Crippen MR) is 119 cm³/mol. The smallest absolute Gasteiger partial charge is 0.335 e. The molecule has 10 heteroatoms. The van der Waals surface area contributed by atoms with E-state index in [1.54, 1.807) is 38.1 Å². The summed E-state index contributed by atoms with van der Waals surface area (Å²) in [5, 5.41) is 15.6. The third-order valence-corrected chi connectivity index (χ3v) is 5.24. The zero-order valence-electron chi connectivity index (χ0n) is 18.9. The Morgan fingerprint density at radius 3 is 2.44 bits per heavy atom. The number of Topliss-reactive ketones (excluding diaryl/α,β-unsaturated/α-hetero) is 1. The summed E-state index contributed by atoms with van der Waals surface area (Å²) in [6.45, 7) is 4.64. The van der Waals surface area contributed by atoms with Crippen LogP contribution >= 0.6 is 0 Å². The molecule has 0 radical (unpaired) electrons. The maximum absolute atomic E-state index is 13.7. The summed E-state index contributed by atoms with van der Waals surface area (Å²) in [5.41, 5.74) is 0.385. The minimum absolute atomic E-state index is 0.123. The van der Waals surface area contributed by atoms with Crippen molar-refractivity contribution in [2.75, 3.05) is 0 Å². The summed E-state index contributed by atoms with van der Waals surface area (Å²) in [4.78, 5) is 36.0. The van der Waals surface area contributed by atoms with Gasteiger partial charge in [-0.2, -0.15) is 5.10 Å². The van der Waals surface area contributed by atoms with E-state index in [1.165, 1.54) is 32.2 Å². The number of carboxylic acids is 1. The first-order chi connectivity index (χ1) is 16.0. The Kier molecular flexibility index (Phi) is 7.09. The number of alkyl halides is 2. The molecular weight excluding hydrogens is 448 g/mol. The predicted octanol–water partition coefficient (Wildman–Crippen LogP) is 4.85. The first-order valence-electron chi connectivity index (χ1n) is 10.3. The van der Waals surface area contributed by atoms with Gasteiger partial charge >= 0.3 is 5.97 Å². The van der Waals surface area contributed by atoms with Crippen molar-refractivity contribution in [1.29, 1.82) is 0 Å². The summed E-state index contributed by atoms with van der Waals surface area (Å²) in [6.07, 6.45) is -3.04. The highest BCUT2D eigenvalue weighted by molar-refractivity contribution is 5.98. The van der Waals surface area contributed by atoms with Crippen LogP contribution in [-0.4, -0.2) is 32.5 Å². The SMILES string of the molecule is CC(=O)c1cccc(Oc2c(C(=O)NC(C)c3ccc(C(=O)O)c(C)c3)c(C(F)F)nn2C)c1. The standard InChI is InChI=1S/C24H23F2N3O5/c1-12-10-15(8-9-18(12)24(32)33)13(2)27-22(31)19-20(21(25)26)28-29(4)23(19)34-17-7-5-6-16(11-17)14(3)30/h5-11,13,21H,1-4H3,(H,27,31)(H,32,33). The molecule has 0 saturated heterocycles. The molecule has 3 rings (SSSR count). The van der Waals surface area contributed by atoms with Crippen molar-refractivity contribution in [2.45, 2.75) is 33.2 Å².